The van der Waals surface area contributed by atoms with E-state index in [0.717, 1.165) is 24.3 Å². The molecule has 2 rings (SSSR count). The number of nitrogens with zero attached hydrogens (tertiary/aromatic N) is 1. The van der Waals surface area contributed by atoms with Gasteiger partial charge in [0.25, 0.3) is 0 Å². The summed E-state index contributed by atoms with van der Waals surface area (Å²) in [5.74, 6) is 0. The summed E-state index contributed by atoms with van der Waals surface area (Å²) in [7, 11) is 0. The molecule has 1 aliphatic carbocycles. The van der Waals surface area contributed by atoms with Crippen molar-refractivity contribution in [2.24, 2.45) is 0 Å². The quantitative estimate of drug-likeness (QED) is 0.872. The van der Waals surface area contributed by atoms with Gasteiger partial charge in [-0.15, -0.1) is 11.3 Å². The monoisotopic (exact) mass is 254 g/mol. The second kappa shape index (κ2) is 5.46. The Balaban J connectivity index is 1.96. The molecule has 1 aromatic rings. The van der Waals surface area contributed by atoms with Gasteiger partial charge in [-0.1, -0.05) is 0 Å². The van der Waals surface area contributed by atoms with Crippen LogP contribution in [0.4, 0.5) is 0 Å². The van der Waals surface area contributed by atoms with Crippen molar-refractivity contribution in [3.05, 3.63) is 15.6 Å². The lowest BCUT2D eigenvalue weighted by Crippen LogP contribution is -2.37. The zero-order valence-corrected chi connectivity index (χ0v) is 11.7. The number of rotatable bonds is 3. The van der Waals surface area contributed by atoms with Crippen LogP contribution in [-0.4, -0.2) is 22.2 Å². The van der Waals surface area contributed by atoms with E-state index in [9.17, 15) is 5.11 Å². The SMILES string of the molecule is Cc1nc(C(C)NC2CCCC(O)C2)c(C)s1. The van der Waals surface area contributed by atoms with Gasteiger partial charge < -0.3 is 10.4 Å². The fourth-order valence-corrected chi connectivity index (χ4v) is 3.61. The molecule has 1 heterocycles. The average Bonchev–Trinajstić information content (AvgIpc) is 2.58. The molecule has 17 heavy (non-hydrogen) atoms. The summed E-state index contributed by atoms with van der Waals surface area (Å²) in [6.07, 6.45) is 4.02. The zero-order chi connectivity index (χ0) is 12.4. The Hall–Kier alpha value is -0.450. The lowest BCUT2D eigenvalue weighted by atomic mass is 9.92. The highest BCUT2D eigenvalue weighted by Gasteiger charge is 2.23. The molecule has 1 aliphatic rings. The Morgan fingerprint density at radius 3 is 2.76 bits per heavy atom. The summed E-state index contributed by atoms with van der Waals surface area (Å²) in [6, 6.07) is 0.727. The molecule has 3 nitrogen and oxygen atoms in total. The van der Waals surface area contributed by atoms with Gasteiger partial charge in [-0.3, -0.25) is 0 Å². The standard InChI is InChI=1S/C13H22N2OS/c1-8(13-9(2)17-10(3)15-13)14-11-5-4-6-12(16)7-11/h8,11-12,14,16H,4-7H2,1-3H3. The Labute approximate surface area is 107 Å². The third-order valence-electron chi connectivity index (χ3n) is 3.48. The Kier molecular flexibility index (Phi) is 4.17. The minimum atomic E-state index is -0.119. The smallest absolute Gasteiger partial charge is 0.0900 e. The Morgan fingerprint density at radius 1 is 1.41 bits per heavy atom. The molecule has 0 amide bonds. The lowest BCUT2D eigenvalue weighted by Gasteiger charge is -2.29. The normalized spacial score (nSPS) is 27.1. The van der Waals surface area contributed by atoms with Crippen molar-refractivity contribution in [2.75, 3.05) is 0 Å². The molecule has 0 spiro atoms. The maximum absolute atomic E-state index is 9.67. The first kappa shape index (κ1) is 13.0. The van der Waals surface area contributed by atoms with Crippen LogP contribution in [0.1, 0.15) is 54.2 Å². The molecule has 0 bridgehead atoms. The third kappa shape index (κ3) is 3.27. The highest BCUT2D eigenvalue weighted by molar-refractivity contribution is 7.11. The van der Waals surface area contributed by atoms with E-state index in [0.29, 0.717) is 6.04 Å². The van der Waals surface area contributed by atoms with Crippen molar-refractivity contribution in [1.82, 2.24) is 10.3 Å². The van der Waals surface area contributed by atoms with E-state index in [1.807, 2.05) is 0 Å². The van der Waals surface area contributed by atoms with Gasteiger partial charge in [-0.2, -0.15) is 0 Å². The van der Waals surface area contributed by atoms with E-state index >= 15 is 0 Å². The second-order valence-electron chi connectivity index (χ2n) is 5.08. The molecule has 3 atom stereocenters. The number of aliphatic hydroxyl groups is 1. The molecule has 1 fully saturated rings. The Morgan fingerprint density at radius 2 is 2.18 bits per heavy atom. The van der Waals surface area contributed by atoms with Gasteiger partial charge in [0, 0.05) is 17.0 Å². The van der Waals surface area contributed by atoms with E-state index in [4.69, 9.17) is 0 Å². The van der Waals surface area contributed by atoms with Crippen LogP contribution in [0.15, 0.2) is 0 Å². The van der Waals surface area contributed by atoms with E-state index in [2.05, 4.69) is 31.1 Å². The Bertz CT molecular complexity index is 377. The van der Waals surface area contributed by atoms with Crippen molar-refractivity contribution in [2.45, 2.75) is 64.6 Å². The van der Waals surface area contributed by atoms with Crippen molar-refractivity contribution in [3.63, 3.8) is 0 Å². The van der Waals surface area contributed by atoms with Crippen LogP contribution in [-0.2, 0) is 0 Å². The number of aliphatic hydroxyl groups excluding tert-OH is 1. The largest absolute Gasteiger partial charge is 0.393 e. The van der Waals surface area contributed by atoms with Gasteiger partial charge in [0.2, 0.25) is 0 Å². The summed E-state index contributed by atoms with van der Waals surface area (Å²) in [5.41, 5.74) is 1.17. The predicted octanol–water partition coefficient (Wildman–Crippen LogP) is 2.71. The molecule has 0 radical (unpaired) electrons. The maximum atomic E-state index is 9.67. The second-order valence-corrected chi connectivity index (χ2v) is 6.49. The molecule has 4 heteroatoms. The number of nitrogens with one attached hydrogen (secondary N) is 1. The van der Waals surface area contributed by atoms with E-state index < -0.39 is 0 Å². The van der Waals surface area contributed by atoms with Gasteiger partial charge >= 0.3 is 0 Å². The topological polar surface area (TPSA) is 45.2 Å². The van der Waals surface area contributed by atoms with E-state index in [1.54, 1.807) is 11.3 Å². The number of thiazole rings is 1. The fraction of sp³-hybridized carbons (Fsp3) is 0.769. The van der Waals surface area contributed by atoms with Crippen LogP contribution in [0, 0.1) is 13.8 Å². The number of hydrogen-bond acceptors (Lipinski definition) is 4. The van der Waals surface area contributed by atoms with Crippen molar-refractivity contribution >= 4 is 11.3 Å². The van der Waals surface area contributed by atoms with E-state index in [1.165, 1.54) is 17.0 Å². The van der Waals surface area contributed by atoms with Crippen LogP contribution < -0.4 is 5.32 Å². The maximum Gasteiger partial charge on any atom is 0.0900 e. The van der Waals surface area contributed by atoms with Crippen LogP contribution >= 0.6 is 11.3 Å². The van der Waals surface area contributed by atoms with Crippen molar-refractivity contribution < 1.29 is 5.11 Å². The van der Waals surface area contributed by atoms with E-state index in [-0.39, 0.29) is 12.1 Å². The highest BCUT2D eigenvalue weighted by atomic mass is 32.1. The average molecular weight is 254 g/mol. The lowest BCUT2D eigenvalue weighted by molar-refractivity contribution is 0.109. The predicted molar refractivity (Wildman–Crippen MR) is 71.4 cm³/mol. The molecule has 0 saturated heterocycles. The first-order chi connectivity index (χ1) is 8.06. The number of aromatic nitrogens is 1. The van der Waals surface area contributed by atoms with Crippen LogP contribution in [0.5, 0.6) is 0 Å². The van der Waals surface area contributed by atoms with Gasteiger partial charge in [0.15, 0.2) is 0 Å². The highest BCUT2D eigenvalue weighted by Crippen LogP contribution is 2.25. The summed E-state index contributed by atoms with van der Waals surface area (Å²) in [6.45, 7) is 6.36. The summed E-state index contributed by atoms with van der Waals surface area (Å²) >= 11 is 1.76. The summed E-state index contributed by atoms with van der Waals surface area (Å²) < 4.78 is 0. The molecule has 0 aliphatic heterocycles. The third-order valence-corrected chi connectivity index (χ3v) is 4.38. The van der Waals surface area contributed by atoms with Crippen molar-refractivity contribution in [1.29, 1.82) is 0 Å². The summed E-state index contributed by atoms with van der Waals surface area (Å²) in [5, 5.41) is 14.4. The van der Waals surface area contributed by atoms with Gasteiger partial charge in [-0.05, 0) is 46.5 Å². The van der Waals surface area contributed by atoms with Crippen LogP contribution in [0.25, 0.3) is 0 Å². The summed E-state index contributed by atoms with van der Waals surface area (Å²) in [4.78, 5) is 5.89. The molecule has 1 aromatic heterocycles. The molecular weight excluding hydrogens is 232 g/mol. The number of hydrogen-bond donors (Lipinski definition) is 2. The molecule has 1 saturated carbocycles. The first-order valence-corrected chi connectivity index (χ1v) is 7.26. The minimum absolute atomic E-state index is 0.119. The molecule has 96 valence electrons. The molecule has 2 N–H and O–H groups in total. The fourth-order valence-electron chi connectivity index (χ4n) is 2.69. The molecular formula is C13H22N2OS. The van der Waals surface area contributed by atoms with Crippen LogP contribution in [0.3, 0.4) is 0 Å². The van der Waals surface area contributed by atoms with Crippen LogP contribution in [0.2, 0.25) is 0 Å². The van der Waals surface area contributed by atoms with Gasteiger partial charge in [0.1, 0.15) is 0 Å². The van der Waals surface area contributed by atoms with Crippen molar-refractivity contribution in [3.8, 4) is 0 Å². The molecule has 3 unspecified atom stereocenters. The molecule has 0 aromatic carbocycles. The van der Waals surface area contributed by atoms with Gasteiger partial charge in [0.05, 0.1) is 16.8 Å². The van der Waals surface area contributed by atoms with Gasteiger partial charge in [-0.25, -0.2) is 4.98 Å². The minimum Gasteiger partial charge on any atom is -0.393 e. The first-order valence-electron chi connectivity index (χ1n) is 6.44. The number of aryl methyl sites for hydroxylation is 2. The zero-order valence-electron chi connectivity index (χ0n) is 10.9.